The van der Waals surface area contributed by atoms with Crippen LogP contribution in [0.15, 0.2) is 48.5 Å². The number of benzene rings is 2. The molecule has 282 valence electrons. The second kappa shape index (κ2) is 21.1. The molecule has 0 spiro atoms. The highest BCUT2D eigenvalue weighted by Crippen LogP contribution is 2.30. The standard InChI is InChI=1S/C32H41ClN8O11/c1-2-3-12-28-34-29(33)27(22-50-32(43)49-18-7-9-20-52-41(46)47)38(28)21-23-13-15-24(16-14-23)25-10-4-5-11-26(25)30-35-37-39(36-30)31(42)48-17-6-8-19-51-40(44)45/h4-5,10-11,13-16,44-47H,2-3,6-9,12,17-22H2,1H3. The van der Waals surface area contributed by atoms with E-state index in [2.05, 4.69) is 37.0 Å². The number of aryl methyl sites for hydroxylation is 1. The van der Waals surface area contributed by atoms with E-state index in [-0.39, 0.29) is 54.8 Å². The minimum atomic E-state index is -0.873. The predicted octanol–water partition coefficient (Wildman–Crippen LogP) is 5.47. The van der Waals surface area contributed by atoms with E-state index in [1.165, 1.54) is 0 Å². The molecule has 0 bridgehead atoms. The highest BCUT2D eigenvalue weighted by atomic mass is 35.5. The number of hydrogen-bond donors (Lipinski definition) is 4. The van der Waals surface area contributed by atoms with Crippen LogP contribution in [0.3, 0.4) is 0 Å². The number of ether oxygens (including phenoxy) is 3. The van der Waals surface area contributed by atoms with Gasteiger partial charge in [0.05, 0.1) is 42.9 Å². The molecule has 4 aromatic rings. The van der Waals surface area contributed by atoms with Gasteiger partial charge in [-0.15, -0.1) is 10.2 Å². The van der Waals surface area contributed by atoms with Crippen molar-refractivity contribution in [3.8, 4) is 22.5 Å². The number of aromatic nitrogens is 6. The highest BCUT2D eigenvalue weighted by molar-refractivity contribution is 6.30. The van der Waals surface area contributed by atoms with Crippen LogP contribution in [-0.2, 0) is 43.5 Å². The van der Waals surface area contributed by atoms with Crippen molar-refractivity contribution < 1.29 is 54.3 Å². The summed E-state index contributed by atoms with van der Waals surface area (Å²) in [4.78, 5) is 38.9. The van der Waals surface area contributed by atoms with E-state index in [0.717, 1.165) is 40.2 Å². The molecule has 0 aliphatic heterocycles. The lowest BCUT2D eigenvalue weighted by Crippen LogP contribution is -2.18. The Labute approximate surface area is 303 Å². The molecular formula is C32H41ClN8O11. The molecule has 0 aliphatic carbocycles. The summed E-state index contributed by atoms with van der Waals surface area (Å²) in [5.74, 6) is 0.984. The molecule has 0 aliphatic rings. The van der Waals surface area contributed by atoms with Gasteiger partial charge in [-0.2, -0.15) is 0 Å². The fourth-order valence-corrected chi connectivity index (χ4v) is 5.15. The van der Waals surface area contributed by atoms with Gasteiger partial charge >= 0.3 is 12.2 Å². The molecule has 4 N–H and O–H groups in total. The van der Waals surface area contributed by atoms with Gasteiger partial charge in [-0.3, -0.25) is 30.5 Å². The lowest BCUT2D eigenvalue weighted by atomic mass is 9.98. The molecule has 0 fully saturated rings. The summed E-state index contributed by atoms with van der Waals surface area (Å²) in [5, 5.41) is 45.8. The van der Waals surface area contributed by atoms with E-state index in [0.29, 0.717) is 49.9 Å². The third-order valence-electron chi connectivity index (χ3n) is 7.47. The first-order chi connectivity index (χ1) is 25.2. The van der Waals surface area contributed by atoms with Gasteiger partial charge in [0.25, 0.3) is 0 Å². The molecule has 0 unspecified atom stereocenters. The Hall–Kier alpha value is -4.57. The first-order valence-electron chi connectivity index (χ1n) is 16.5. The lowest BCUT2D eigenvalue weighted by molar-refractivity contribution is -0.492. The molecule has 0 saturated heterocycles. The molecule has 2 aromatic heterocycles. The summed E-state index contributed by atoms with van der Waals surface area (Å²) < 4.78 is 17.5. The first-order valence-corrected chi connectivity index (χ1v) is 16.8. The first kappa shape index (κ1) is 40.2. The zero-order valence-corrected chi connectivity index (χ0v) is 29.2. The number of halogens is 1. The summed E-state index contributed by atoms with van der Waals surface area (Å²) in [6.07, 6.45) is 2.50. The average Bonchev–Trinajstić information content (AvgIpc) is 3.74. The van der Waals surface area contributed by atoms with Crippen molar-refractivity contribution >= 4 is 23.8 Å². The molecule has 2 aromatic carbocycles. The predicted molar refractivity (Wildman–Crippen MR) is 178 cm³/mol. The van der Waals surface area contributed by atoms with Gasteiger partial charge in [0, 0.05) is 18.5 Å². The van der Waals surface area contributed by atoms with Crippen molar-refractivity contribution in [2.24, 2.45) is 0 Å². The van der Waals surface area contributed by atoms with Crippen LogP contribution in [0.5, 0.6) is 0 Å². The topological polar surface area (TPSA) is 229 Å². The van der Waals surface area contributed by atoms with E-state index in [4.69, 9.17) is 46.6 Å². The number of hydrogen-bond acceptors (Lipinski definition) is 17. The number of unbranched alkanes of at least 4 members (excludes halogenated alkanes) is 3. The summed E-state index contributed by atoms with van der Waals surface area (Å²) in [6.45, 7) is 2.50. The molecule has 0 atom stereocenters. The minimum Gasteiger partial charge on any atom is -0.447 e. The van der Waals surface area contributed by atoms with Crippen molar-refractivity contribution in [3.05, 3.63) is 70.8 Å². The van der Waals surface area contributed by atoms with Crippen molar-refractivity contribution in [2.75, 3.05) is 26.4 Å². The summed E-state index contributed by atoms with van der Waals surface area (Å²) in [5.41, 5.74) is 3.78. The molecule has 52 heavy (non-hydrogen) atoms. The smallest absolute Gasteiger partial charge is 0.447 e. The molecular weight excluding hydrogens is 708 g/mol. The Kier molecular flexibility index (Phi) is 16.3. The lowest BCUT2D eigenvalue weighted by Gasteiger charge is -2.14. The molecule has 0 saturated carbocycles. The van der Waals surface area contributed by atoms with Gasteiger partial charge in [0.1, 0.15) is 12.4 Å². The van der Waals surface area contributed by atoms with Gasteiger partial charge < -0.3 is 18.8 Å². The third kappa shape index (κ3) is 12.6. The molecule has 2 heterocycles. The highest BCUT2D eigenvalue weighted by Gasteiger charge is 2.20. The minimum absolute atomic E-state index is 0.0275. The van der Waals surface area contributed by atoms with Crippen molar-refractivity contribution in [1.82, 2.24) is 40.5 Å². The largest absolute Gasteiger partial charge is 0.508 e. The van der Waals surface area contributed by atoms with Crippen LogP contribution in [0.4, 0.5) is 9.59 Å². The normalized spacial score (nSPS) is 11.4. The van der Waals surface area contributed by atoms with Gasteiger partial charge in [0.15, 0.2) is 5.15 Å². The van der Waals surface area contributed by atoms with Gasteiger partial charge in [-0.05, 0) is 54.0 Å². The van der Waals surface area contributed by atoms with E-state index in [9.17, 15) is 9.59 Å². The second-order valence-electron chi connectivity index (χ2n) is 11.2. The van der Waals surface area contributed by atoms with Crippen LogP contribution in [0.2, 0.25) is 5.15 Å². The Morgan fingerprint density at radius 1 is 0.808 bits per heavy atom. The van der Waals surface area contributed by atoms with Crippen LogP contribution in [-0.4, -0.2) is 100 Å². The number of carbonyl (C=O) groups is 2. The van der Waals surface area contributed by atoms with Gasteiger partial charge in [-0.25, -0.2) is 14.6 Å². The third-order valence-corrected chi connectivity index (χ3v) is 7.77. The van der Waals surface area contributed by atoms with Gasteiger partial charge in [-0.1, -0.05) is 78.3 Å². The number of imidazole rings is 1. The van der Waals surface area contributed by atoms with Crippen LogP contribution < -0.4 is 0 Å². The van der Waals surface area contributed by atoms with Crippen LogP contribution in [0.1, 0.15) is 62.5 Å². The molecule has 0 radical (unpaired) electrons. The second-order valence-corrected chi connectivity index (χ2v) is 11.5. The zero-order chi connectivity index (χ0) is 37.3. The van der Waals surface area contributed by atoms with Crippen molar-refractivity contribution in [1.29, 1.82) is 0 Å². The van der Waals surface area contributed by atoms with Crippen LogP contribution >= 0.6 is 11.6 Å². The van der Waals surface area contributed by atoms with Crippen LogP contribution in [0, 0.1) is 0 Å². The monoisotopic (exact) mass is 748 g/mol. The SMILES string of the molecule is CCCCc1nc(Cl)c(COC(=O)OCCCCON(O)O)n1Cc1ccc(-c2ccccc2-c2nnn(C(=O)OCCCCON(O)O)n2)cc1. The summed E-state index contributed by atoms with van der Waals surface area (Å²) in [6, 6.07) is 15.3. The Morgan fingerprint density at radius 2 is 1.44 bits per heavy atom. The zero-order valence-electron chi connectivity index (χ0n) is 28.4. The number of tetrazole rings is 1. The Bertz CT molecular complexity index is 1700. The summed E-state index contributed by atoms with van der Waals surface area (Å²) in [7, 11) is 0. The molecule has 19 nitrogen and oxygen atoms in total. The van der Waals surface area contributed by atoms with E-state index in [1.54, 1.807) is 0 Å². The van der Waals surface area contributed by atoms with E-state index < -0.39 is 12.2 Å². The number of rotatable bonds is 21. The maximum atomic E-state index is 12.4. The molecule has 4 rings (SSSR count). The maximum absolute atomic E-state index is 12.4. The van der Waals surface area contributed by atoms with Crippen molar-refractivity contribution in [3.63, 3.8) is 0 Å². The summed E-state index contributed by atoms with van der Waals surface area (Å²) >= 11 is 6.53. The average molecular weight is 749 g/mol. The van der Waals surface area contributed by atoms with Crippen molar-refractivity contribution in [2.45, 2.75) is 65.0 Å². The Morgan fingerprint density at radius 3 is 2.10 bits per heavy atom. The van der Waals surface area contributed by atoms with E-state index in [1.807, 2.05) is 53.1 Å². The fourth-order valence-electron chi connectivity index (χ4n) is 4.90. The van der Waals surface area contributed by atoms with E-state index >= 15 is 0 Å². The maximum Gasteiger partial charge on any atom is 0.508 e. The fraction of sp³-hybridized carbons (Fsp3) is 0.438. The quantitative estimate of drug-likeness (QED) is 0.0470. The van der Waals surface area contributed by atoms with Crippen LogP contribution in [0.25, 0.3) is 22.5 Å². The van der Waals surface area contributed by atoms with Gasteiger partial charge in [0.2, 0.25) is 5.82 Å². The molecule has 0 amide bonds. The number of nitrogens with zero attached hydrogens (tertiary/aromatic N) is 8. The Balaban J connectivity index is 1.40. The number of carbonyl (C=O) groups excluding carboxylic acids is 2. The molecule has 20 heteroatoms.